The van der Waals surface area contributed by atoms with E-state index in [0.29, 0.717) is 47.2 Å². The van der Waals surface area contributed by atoms with E-state index in [1.165, 1.54) is 0 Å². The number of nitrogens with zero attached hydrogens (tertiary/aromatic N) is 2. The molecule has 1 aliphatic rings. The van der Waals surface area contributed by atoms with Gasteiger partial charge in [0, 0.05) is 18.7 Å². The molecule has 0 radical (unpaired) electrons. The van der Waals surface area contributed by atoms with E-state index in [2.05, 4.69) is 15.6 Å². The van der Waals surface area contributed by atoms with E-state index in [4.69, 9.17) is 14.2 Å². The largest absolute Gasteiger partial charge is 0.497 e. The number of hydrogen-bond donors (Lipinski definition) is 2. The van der Waals surface area contributed by atoms with E-state index in [-0.39, 0.29) is 38.0 Å². The maximum atomic E-state index is 12.8. The van der Waals surface area contributed by atoms with Crippen LogP contribution in [0, 0.1) is 13.8 Å². The van der Waals surface area contributed by atoms with Crippen LogP contribution in [-0.2, 0) is 30.7 Å². The van der Waals surface area contributed by atoms with Gasteiger partial charge in [0.1, 0.15) is 29.7 Å². The molecule has 3 rings (SSSR count). The van der Waals surface area contributed by atoms with Crippen LogP contribution >= 0.6 is 0 Å². The molecule has 0 aromatic heterocycles. The molecule has 230 valence electrons. The number of carbonyl (C=O) groups is 2. The number of aryl methyl sites for hydroxylation is 2. The lowest BCUT2D eigenvalue weighted by Crippen LogP contribution is -2.39. The Morgan fingerprint density at radius 1 is 1.05 bits per heavy atom. The summed E-state index contributed by atoms with van der Waals surface area (Å²) in [5.41, 5.74) is 2.48. The Kier molecular flexibility index (Phi) is 11.6. The van der Waals surface area contributed by atoms with Gasteiger partial charge in [-0.3, -0.25) is 14.7 Å². The third-order valence-corrected chi connectivity index (χ3v) is 8.13. The van der Waals surface area contributed by atoms with E-state index in [0.717, 1.165) is 11.1 Å². The van der Waals surface area contributed by atoms with Crippen molar-refractivity contribution in [1.29, 1.82) is 0 Å². The highest BCUT2D eigenvalue weighted by Gasteiger charge is 2.29. The fourth-order valence-electron chi connectivity index (χ4n) is 4.49. The molecule has 0 saturated carbocycles. The molecule has 0 fully saturated rings. The first-order valence-corrected chi connectivity index (χ1v) is 15.5. The Morgan fingerprint density at radius 2 is 1.71 bits per heavy atom. The van der Waals surface area contributed by atoms with E-state index in [1.54, 1.807) is 38.0 Å². The summed E-state index contributed by atoms with van der Waals surface area (Å²) in [5.74, 6) is 0.863. The van der Waals surface area contributed by atoms with E-state index >= 15 is 0 Å². The van der Waals surface area contributed by atoms with Gasteiger partial charge in [-0.1, -0.05) is 24.3 Å². The Labute approximate surface area is 248 Å². The molecule has 0 bridgehead atoms. The second-order valence-electron chi connectivity index (χ2n) is 11.1. The Bertz CT molecular complexity index is 1360. The lowest BCUT2D eigenvalue weighted by Gasteiger charge is -2.25. The molecule has 42 heavy (non-hydrogen) atoms. The Morgan fingerprint density at radius 3 is 2.33 bits per heavy atom. The molecule has 2 aromatic carbocycles. The van der Waals surface area contributed by atoms with Crippen molar-refractivity contribution in [2.24, 2.45) is 4.99 Å². The van der Waals surface area contributed by atoms with Crippen LogP contribution in [0.3, 0.4) is 0 Å². The number of carbonyl (C=O) groups excluding carboxylic acids is 2. The molecule has 0 aliphatic carbocycles. The van der Waals surface area contributed by atoms with E-state index in [9.17, 15) is 18.0 Å². The minimum absolute atomic E-state index is 0.0720. The van der Waals surface area contributed by atoms with Gasteiger partial charge < -0.3 is 24.8 Å². The van der Waals surface area contributed by atoms with Gasteiger partial charge in [0.15, 0.2) is 15.6 Å². The Hall–Kier alpha value is -3.32. The number of Topliss-reactive ketones (excluding diaryl/α,β-unsaturated/α-hetero) is 1. The van der Waals surface area contributed by atoms with Crippen molar-refractivity contribution in [1.82, 2.24) is 15.5 Å². The number of rotatable bonds is 14. The predicted octanol–water partition coefficient (Wildman–Crippen LogP) is 3.01. The summed E-state index contributed by atoms with van der Waals surface area (Å²) in [7, 11) is -2.00. The molecule has 2 aromatic rings. The van der Waals surface area contributed by atoms with Crippen molar-refractivity contribution in [2.75, 3.05) is 52.4 Å². The molecule has 1 aliphatic heterocycles. The molecule has 1 heterocycles. The summed E-state index contributed by atoms with van der Waals surface area (Å²) in [6, 6.07) is 11.0. The topological polar surface area (TPSA) is 136 Å². The van der Waals surface area contributed by atoms with Crippen LogP contribution in [0.25, 0.3) is 0 Å². The quantitative estimate of drug-likeness (QED) is 0.313. The van der Waals surface area contributed by atoms with Crippen LogP contribution in [0.15, 0.2) is 46.3 Å². The molecule has 12 heteroatoms. The summed E-state index contributed by atoms with van der Waals surface area (Å²) in [5, 5.41) is 5.98. The maximum absolute atomic E-state index is 12.8. The van der Waals surface area contributed by atoms with E-state index in [1.807, 2.05) is 45.0 Å². The second kappa shape index (κ2) is 14.7. The van der Waals surface area contributed by atoms with Crippen molar-refractivity contribution in [3.8, 4) is 5.75 Å². The lowest BCUT2D eigenvalue weighted by atomic mass is 10.1. The number of hydrogen-bond acceptors (Lipinski definition) is 10. The van der Waals surface area contributed by atoms with Crippen LogP contribution in [0.5, 0.6) is 5.75 Å². The number of benzene rings is 2. The Balaban J connectivity index is 1.34. The number of sulfone groups is 1. The summed E-state index contributed by atoms with van der Waals surface area (Å²) >= 11 is 0. The van der Waals surface area contributed by atoms with Crippen molar-refractivity contribution < 1.29 is 32.2 Å². The van der Waals surface area contributed by atoms with E-state index < -0.39 is 21.5 Å². The molecule has 0 spiro atoms. The minimum Gasteiger partial charge on any atom is -0.497 e. The van der Waals surface area contributed by atoms with Crippen LogP contribution in [-0.4, -0.2) is 89.0 Å². The second-order valence-corrected chi connectivity index (χ2v) is 13.0. The molecular formula is C30H42N4O7S. The van der Waals surface area contributed by atoms with Gasteiger partial charge in [-0.2, -0.15) is 0 Å². The first kappa shape index (κ1) is 33.2. The minimum atomic E-state index is -3.54. The number of nitrogens with one attached hydrogen (secondary N) is 2. The van der Waals surface area contributed by atoms with Crippen LogP contribution in [0.2, 0.25) is 0 Å². The van der Waals surface area contributed by atoms with Crippen LogP contribution in [0.4, 0.5) is 4.79 Å². The highest BCUT2D eigenvalue weighted by molar-refractivity contribution is 7.91. The molecule has 2 N–H and O–H groups in total. The van der Waals surface area contributed by atoms with Crippen molar-refractivity contribution in [3.63, 3.8) is 0 Å². The predicted molar refractivity (Wildman–Crippen MR) is 161 cm³/mol. The van der Waals surface area contributed by atoms with Gasteiger partial charge in [0.2, 0.25) is 0 Å². The zero-order valence-electron chi connectivity index (χ0n) is 25.3. The number of ether oxygens (including phenoxy) is 3. The van der Waals surface area contributed by atoms with Crippen LogP contribution in [0.1, 0.15) is 43.0 Å². The molecule has 0 unspecified atom stereocenters. The highest BCUT2D eigenvalue weighted by atomic mass is 32.2. The first-order chi connectivity index (χ1) is 19.8. The summed E-state index contributed by atoms with van der Waals surface area (Å²) in [6.07, 6.45) is -0.412. The SMILES string of the molecule is COc1cc(C)c(S(=O)(=O)CNCCOCC(=O)CNCc2ccc(C3=NCCN3C(=O)OC(C)(C)C)cc2)c(C)c1. The highest BCUT2D eigenvalue weighted by Crippen LogP contribution is 2.26. The van der Waals surface area contributed by atoms with Gasteiger partial charge in [-0.05, 0) is 63.4 Å². The molecule has 1 amide bonds. The normalized spacial score (nSPS) is 13.7. The smallest absolute Gasteiger partial charge is 0.416 e. The van der Waals surface area contributed by atoms with Crippen molar-refractivity contribution >= 4 is 27.5 Å². The molecule has 11 nitrogen and oxygen atoms in total. The van der Waals surface area contributed by atoms with Gasteiger partial charge in [0.25, 0.3) is 0 Å². The third-order valence-electron chi connectivity index (χ3n) is 6.28. The fraction of sp³-hybridized carbons (Fsp3) is 0.500. The average molecular weight is 603 g/mol. The van der Waals surface area contributed by atoms with Crippen molar-refractivity contribution in [2.45, 2.75) is 51.7 Å². The molecule has 0 atom stereocenters. The lowest BCUT2D eigenvalue weighted by molar-refractivity contribution is -0.122. The maximum Gasteiger partial charge on any atom is 0.416 e. The van der Waals surface area contributed by atoms with Crippen LogP contribution < -0.4 is 15.4 Å². The summed E-state index contributed by atoms with van der Waals surface area (Å²) in [4.78, 5) is 31.0. The zero-order chi connectivity index (χ0) is 30.9. The molecule has 0 saturated heterocycles. The van der Waals surface area contributed by atoms with Gasteiger partial charge in [-0.15, -0.1) is 0 Å². The standard InChI is InChI=1S/C30H42N4O7S/c1-21-15-26(39-6)16-22(2)27(21)42(37,38)20-31-12-14-40-19-25(35)18-32-17-23-7-9-24(10-8-23)28-33-11-13-34(28)29(36)41-30(3,4)5/h7-10,15-16,31-32H,11-14,17-20H2,1-6H3. The van der Waals surface area contributed by atoms with Crippen molar-refractivity contribution in [3.05, 3.63) is 58.7 Å². The summed E-state index contributed by atoms with van der Waals surface area (Å²) in [6.45, 7) is 11.0. The van der Waals surface area contributed by atoms with Gasteiger partial charge >= 0.3 is 6.09 Å². The first-order valence-electron chi connectivity index (χ1n) is 13.8. The fourth-order valence-corrected chi connectivity index (χ4v) is 6.14. The number of amides is 1. The average Bonchev–Trinajstić information content (AvgIpc) is 3.40. The molecular weight excluding hydrogens is 560 g/mol. The number of methoxy groups -OCH3 is 1. The number of aliphatic imine (C=N–C) groups is 1. The zero-order valence-corrected chi connectivity index (χ0v) is 26.1. The van der Waals surface area contributed by atoms with Gasteiger partial charge in [-0.25, -0.2) is 13.2 Å². The monoisotopic (exact) mass is 602 g/mol. The number of ketones is 1. The third kappa shape index (κ3) is 9.62. The number of amidine groups is 1. The summed E-state index contributed by atoms with van der Waals surface area (Å²) < 4.78 is 41.7. The van der Waals surface area contributed by atoms with Gasteiger partial charge in [0.05, 0.1) is 38.2 Å².